The summed E-state index contributed by atoms with van der Waals surface area (Å²) in [6.07, 6.45) is 3.51. The van der Waals surface area contributed by atoms with Gasteiger partial charge in [0, 0.05) is 34.3 Å². The Morgan fingerprint density at radius 3 is 1.90 bits per heavy atom. The standard InChI is InChI=1S/C12H10N4OS.C12H9NOS.C3H9N3Si.CH4/c1-17-9-4-2-8(3-5-9)10-11(15-16-14-10)12-13-6-7-18-12;1-14-11-5-2-10(3-6-11)4-7-12-13-8-9-15-12;1-7(2,3)6-5-4;/h2-7H,1H3,(H,14,15,16);2-3,5-6,8-9H,1H3;1-3H3;1H4. The molecule has 0 aliphatic carbocycles. The van der Waals surface area contributed by atoms with Crippen LogP contribution in [0.4, 0.5) is 0 Å². The van der Waals surface area contributed by atoms with Crippen LogP contribution in [-0.4, -0.2) is 47.8 Å². The minimum atomic E-state index is -1.45. The van der Waals surface area contributed by atoms with Crippen LogP contribution in [0, 0.1) is 11.8 Å². The predicted octanol–water partition coefficient (Wildman–Crippen LogP) is 7.92. The number of hydrogen-bond donors (Lipinski definition) is 1. The molecule has 0 radical (unpaired) electrons. The molecule has 0 aliphatic heterocycles. The van der Waals surface area contributed by atoms with Gasteiger partial charge in [-0.15, -0.1) is 27.5 Å². The molecule has 1 N–H and O–H groups in total. The van der Waals surface area contributed by atoms with Gasteiger partial charge < -0.3 is 9.47 Å². The van der Waals surface area contributed by atoms with Crippen LogP contribution < -0.4 is 9.47 Å². The predicted molar refractivity (Wildman–Crippen MR) is 170 cm³/mol. The fraction of sp³-hybridized carbons (Fsp3) is 0.214. The molecule has 0 fully saturated rings. The number of nitrogens with zero attached hydrogens (tertiary/aromatic N) is 7. The Morgan fingerprint density at radius 2 is 1.41 bits per heavy atom. The Balaban J connectivity index is 0.000000233. The number of aromatic amines is 1. The van der Waals surface area contributed by atoms with Crippen molar-refractivity contribution in [3.05, 3.63) is 92.7 Å². The second-order valence-electron chi connectivity index (χ2n) is 8.76. The van der Waals surface area contributed by atoms with Crippen molar-refractivity contribution in [3.8, 4) is 45.3 Å². The molecule has 5 rings (SSSR count). The SMILES string of the molecule is C.COc1ccc(-c2n[nH]nc2-c2nccs2)cc1.COc1ccc(C#Cc2nccs2)cc1.C[Si](C)(C)N=[N+]=[N-]. The van der Waals surface area contributed by atoms with Crippen molar-refractivity contribution in [1.29, 1.82) is 0 Å². The van der Waals surface area contributed by atoms with Crippen LogP contribution in [0.3, 0.4) is 0 Å². The molecule has 0 spiro atoms. The molecule has 3 heterocycles. The molecule has 0 aliphatic rings. The van der Waals surface area contributed by atoms with Crippen LogP contribution in [0.1, 0.15) is 18.0 Å². The van der Waals surface area contributed by atoms with Gasteiger partial charge >= 0.3 is 0 Å². The fourth-order valence-corrected chi connectivity index (χ4v) is 4.27. The Labute approximate surface area is 249 Å². The van der Waals surface area contributed by atoms with Crippen molar-refractivity contribution in [2.45, 2.75) is 27.1 Å². The summed E-state index contributed by atoms with van der Waals surface area (Å²) in [4.78, 5) is 11.0. The molecule has 0 bridgehead atoms. The molecule has 0 amide bonds. The number of thiazole rings is 2. The van der Waals surface area contributed by atoms with Crippen molar-refractivity contribution in [3.63, 3.8) is 0 Å². The van der Waals surface area contributed by atoms with Crippen molar-refractivity contribution in [2.75, 3.05) is 14.2 Å². The van der Waals surface area contributed by atoms with E-state index in [0.29, 0.717) is 0 Å². The number of H-pyrrole nitrogens is 1. The number of benzene rings is 2. The van der Waals surface area contributed by atoms with E-state index in [1.807, 2.05) is 78.9 Å². The summed E-state index contributed by atoms with van der Waals surface area (Å²) in [6.45, 7) is 5.98. The van der Waals surface area contributed by atoms with Gasteiger partial charge in [0.25, 0.3) is 0 Å². The molecule has 0 unspecified atom stereocenters. The topological polar surface area (TPSA) is 135 Å². The van der Waals surface area contributed by atoms with Crippen LogP contribution in [0.25, 0.3) is 32.4 Å². The first kappa shape index (κ1) is 32.7. The van der Waals surface area contributed by atoms with Crippen molar-refractivity contribution >= 4 is 30.9 Å². The van der Waals surface area contributed by atoms with E-state index in [1.54, 1.807) is 38.0 Å². The second-order valence-corrected chi connectivity index (χ2v) is 15.1. The Bertz CT molecular complexity index is 1550. The van der Waals surface area contributed by atoms with Crippen molar-refractivity contribution in [1.82, 2.24) is 25.4 Å². The maximum absolute atomic E-state index is 7.89. The van der Waals surface area contributed by atoms with Gasteiger partial charge in [-0.1, -0.05) is 33.0 Å². The number of rotatable bonds is 5. The summed E-state index contributed by atoms with van der Waals surface area (Å²) in [6, 6.07) is 15.4. The number of azide groups is 1. The minimum absolute atomic E-state index is 0. The molecule has 5 aromatic rings. The highest BCUT2D eigenvalue weighted by Gasteiger charge is 2.14. The summed E-state index contributed by atoms with van der Waals surface area (Å²) in [7, 11) is 1.85. The summed E-state index contributed by atoms with van der Waals surface area (Å²) in [5, 5.41) is 16.5. The summed E-state index contributed by atoms with van der Waals surface area (Å²) >= 11 is 3.08. The van der Waals surface area contributed by atoms with Crippen LogP contribution >= 0.6 is 22.7 Å². The smallest absolute Gasteiger partial charge is 0.167 e. The molecule has 0 atom stereocenters. The molecule has 10 nitrogen and oxygen atoms in total. The molecule has 212 valence electrons. The molecule has 3 aromatic heterocycles. The van der Waals surface area contributed by atoms with Gasteiger partial charge in [0.15, 0.2) is 5.01 Å². The molecular weight excluding hydrogens is 573 g/mol. The van der Waals surface area contributed by atoms with E-state index >= 15 is 0 Å². The number of aromatic nitrogens is 5. The van der Waals surface area contributed by atoms with Crippen molar-refractivity contribution in [2.24, 2.45) is 4.78 Å². The minimum Gasteiger partial charge on any atom is -0.497 e. The van der Waals surface area contributed by atoms with Gasteiger partial charge in [-0.3, -0.25) is 0 Å². The lowest BCUT2D eigenvalue weighted by Crippen LogP contribution is -2.13. The van der Waals surface area contributed by atoms with Gasteiger partial charge in [0.05, 0.1) is 14.2 Å². The van der Waals surface area contributed by atoms with Crippen LogP contribution in [0.5, 0.6) is 11.5 Å². The Kier molecular flexibility index (Phi) is 13.2. The first-order valence-electron chi connectivity index (χ1n) is 11.9. The number of ether oxygens (including phenoxy) is 2. The molecule has 13 heteroatoms. The van der Waals surface area contributed by atoms with E-state index in [4.69, 9.17) is 15.0 Å². The van der Waals surface area contributed by atoms with Crippen LogP contribution in [0.2, 0.25) is 19.6 Å². The molecule has 0 saturated heterocycles. The first-order chi connectivity index (χ1) is 19.3. The van der Waals surface area contributed by atoms with Gasteiger partial charge in [-0.05, 0) is 64.9 Å². The van der Waals surface area contributed by atoms with E-state index < -0.39 is 8.24 Å². The number of nitrogens with one attached hydrogen (secondary N) is 1. The zero-order valence-electron chi connectivity index (χ0n) is 22.7. The normalized spacial score (nSPS) is 9.68. The maximum Gasteiger partial charge on any atom is 0.167 e. The van der Waals surface area contributed by atoms with E-state index in [2.05, 4.69) is 46.9 Å². The van der Waals surface area contributed by atoms with Gasteiger partial charge in [-0.25, -0.2) is 9.97 Å². The Hall–Kier alpha value is -4.47. The third-order valence-electron chi connectivity index (χ3n) is 4.73. The lowest BCUT2D eigenvalue weighted by molar-refractivity contribution is 0.414. The lowest BCUT2D eigenvalue weighted by Gasteiger charge is -2.01. The second kappa shape index (κ2) is 16.6. The van der Waals surface area contributed by atoms with Gasteiger partial charge in [0.2, 0.25) is 0 Å². The maximum atomic E-state index is 7.89. The zero-order valence-corrected chi connectivity index (χ0v) is 25.3. The molecular formula is C28H32N8O2S2Si. The van der Waals surface area contributed by atoms with Crippen LogP contribution in [0.15, 0.2) is 76.5 Å². The van der Waals surface area contributed by atoms with Crippen LogP contribution in [-0.2, 0) is 0 Å². The Morgan fingerprint density at radius 1 is 0.829 bits per heavy atom. The quantitative estimate of drug-likeness (QED) is 0.0712. The number of methoxy groups -OCH3 is 2. The molecule has 2 aromatic carbocycles. The molecule has 0 saturated carbocycles. The number of hydrogen-bond acceptors (Lipinski definition) is 9. The highest BCUT2D eigenvalue weighted by molar-refractivity contribution is 7.13. The average molecular weight is 605 g/mol. The summed E-state index contributed by atoms with van der Waals surface area (Å²) < 4.78 is 13.8. The zero-order chi connectivity index (χ0) is 28.8. The largest absolute Gasteiger partial charge is 0.497 e. The molecule has 41 heavy (non-hydrogen) atoms. The third kappa shape index (κ3) is 10.9. The van der Waals surface area contributed by atoms with Crippen molar-refractivity contribution < 1.29 is 9.47 Å². The summed E-state index contributed by atoms with van der Waals surface area (Å²) in [5.41, 5.74) is 11.4. The average Bonchev–Trinajstić information content (AvgIpc) is 3.75. The van der Waals surface area contributed by atoms with Gasteiger partial charge in [0.1, 0.15) is 36.1 Å². The van der Waals surface area contributed by atoms with E-state index in [9.17, 15) is 0 Å². The fourth-order valence-electron chi connectivity index (χ4n) is 2.89. The highest BCUT2D eigenvalue weighted by Crippen LogP contribution is 2.30. The lowest BCUT2D eigenvalue weighted by atomic mass is 10.1. The first-order valence-corrected chi connectivity index (χ1v) is 17.1. The van der Waals surface area contributed by atoms with E-state index in [1.165, 1.54) is 11.3 Å². The van der Waals surface area contributed by atoms with E-state index in [0.717, 1.165) is 44.0 Å². The summed E-state index contributed by atoms with van der Waals surface area (Å²) in [5.74, 6) is 7.70. The highest BCUT2D eigenvalue weighted by atomic mass is 32.1. The third-order valence-corrected chi connectivity index (χ3v) is 6.88. The van der Waals surface area contributed by atoms with Gasteiger partial charge in [-0.2, -0.15) is 15.4 Å². The monoisotopic (exact) mass is 604 g/mol. The van der Waals surface area contributed by atoms with E-state index in [-0.39, 0.29) is 7.43 Å².